The van der Waals surface area contributed by atoms with Crippen LogP contribution in [-0.4, -0.2) is 49.6 Å². The zero-order valence-electron chi connectivity index (χ0n) is 18.9. The average Bonchev–Trinajstić information content (AvgIpc) is 3.28. The van der Waals surface area contributed by atoms with Crippen molar-refractivity contribution in [1.29, 1.82) is 0 Å². The summed E-state index contributed by atoms with van der Waals surface area (Å²) in [6.45, 7) is 12.1. The first kappa shape index (κ1) is 21.4. The van der Waals surface area contributed by atoms with Crippen LogP contribution in [0.4, 0.5) is 0 Å². The first-order valence-corrected chi connectivity index (χ1v) is 11.6. The Morgan fingerprint density at radius 2 is 1.80 bits per heavy atom. The summed E-state index contributed by atoms with van der Waals surface area (Å²) in [6, 6.07) is 16.1. The first-order valence-electron chi connectivity index (χ1n) is 11.6. The molecule has 4 heteroatoms. The van der Waals surface area contributed by atoms with Gasteiger partial charge in [-0.3, -0.25) is 9.80 Å². The van der Waals surface area contributed by atoms with E-state index < -0.39 is 0 Å². The molecular formula is C26H37N3O. The van der Waals surface area contributed by atoms with E-state index in [4.69, 9.17) is 4.74 Å². The van der Waals surface area contributed by atoms with E-state index in [1.165, 1.54) is 48.2 Å². The summed E-state index contributed by atoms with van der Waals surface area (Å²) in [6.07, 6.45) is 2.65. The van der Waals surface area contributed by atoms with Gasteiger partial charge in [0.15, 0.2) is 0 Å². The minimum absolute atomic E-state index is 0.397. The molecule has 2 aliphatic heterocycles. The molecule has 2 heterocycles. The van der Waals surface area contributed by atoms with Crippen LogP contribution in [-0.2, 0) is 13.1 Å². The molecule has 2 aromatic carbocycles. The molecule has 2 aliphatic rings. The lowest BCUT2D eigenvalue weighted by Crippen LogP contribution is -2.45. The molecule has 1 atom stereocenters. The summed E-state index contributed by atoms with van der Waals surface area (Å²) < 4.78 is 5.76. The van der Waals surface area contributed by atoms with E-state index in [9.17, 15) is 0 Å². The predicted molar refractivity (Wildman–Crippen MR) is 124 cm³/mol. The molecule has 0 bridgehead atoms. The van der Waals surface area contributed by atoms with Crippen LogP contribution in [0.2, 0.25) is 0 Å². The van der Waals surface area contributed by atoms with Gasteiger partial charge in [-0.25, -0.2) is 0 Å². The number of nitrogens with zero attached hydrogens (tertiary/aromatic N) is 2. The van der Waals surface area contributed by atoms with Gasteiger partial charge in [-0.1, -0.05) is 50.2 Å². The van der Waals surface area contributed by atoms with E-state index in [0.29, 0.717) is 12.0 Å². The van der Waals surface area contributed by atoms with E-state index >= 15 is 0 Å². The summed E-state index contributed by atoms with van der Waals surface area (Å²) >= 11 is 0. The smallest absolute Gasteiger partial charge is 0.123 e. The molecule has 0 spiro atoms. The van der Waals surface area contributed by atoms with E-state index in [0.717, 1.165) is 38.5 Å². The van der Waals surface area contributed by atoms with Crippen LogP contribution in [0, 0.1) is 0 Å². The molecule has 0 radical (unpaired) electrons. The molecule has 2 fully saturated rings. The van der Waals surface area contributed by atoms with E-state index in [1.807, 2.05) is 0 Å². The van der Waals surface area contributed by atoms with Crippen LogP contribution in [0.3, 0.4) is 0 Å². The minimum atomic E-state index is 0.397. The fourth-order valence-corrected chi connectivity index (χ4v) is 4.97. The highest BCUT2D eigenvalue weighted by Gasteiger charge is 2.23. The second kappa shape index (κ2) is 9.95. The van der Waals surface area contributed by atoms with Crippen molar-refractivity contribution in [3.63, 3.8) is 0 Å². The Labute approximate surface area is 182 Å². The Balaban J connectivity index is 1.44. The monoisotopic (exact) mass is 407 g/mol. The Bertz CT molecular complexity index is 829. The van der Waals surface area contributed by atoms with Gasteiger partial charge in [-0.2, -0.15) is 0 Å². The summed E-state index contributed by atoms with van der Waals surface area (Å²) in [4.78, 5) is 5.11. The van der Waals surface area contributed by atoms with Gasteiger partial charge >= 0.3 is 0 Å². The maximum Gasteiger partial charge on any atom is 0.123 e. The van der Waals surface area contributed by atoms with Crippen molar-refractivity contribution in [1.82, 2.24) is 15.1 Å². The lowest BCUT2D eigenvalue weighted by molar-refractivity contribution is 0.192. The zero-order valence-corrected chi connectivity index (χ0v) is 18.9. The first-order chi connectivity index (χ1) is 14.6. The minimum Gasteiger partial charge on any atom is -0.496 e. The second-order valence-electron chi connectivity index (χ2n) is 9.15. The maximum atomic E-state index is 5.76. The highest BCUT2D eigenvalue weighted by molar-refractivity contribution is 5.38. The predicted octanol–water partition coefficient (Wildman–Crippen LogP) is 4.56. The molecule has 0 aliphatic carbocycles. The molecule has 2 aromatic rings. The SMILES string of the molecule is COc1cc(CN2CCN[C@H](c3ccccc3C(C)C)C2)ccc1CN1CCCC1. The molecule has 4 rings (SSSR count). The van der Waals surface area contributed by atoms with Crippen molar-refractivity contribution in [2.75, 3.05) is 39.8 Å². The van der Waals surface area contributed by atoms with Crippen LogP contribution >= 0.6 is 0 Å². The van der Waals surface area contributed by atoms with Gasteiger partial charge in [0.1, 0.15) is 5.75 Å². The molecule has 0 unspecified atom stereocenters. The van der Waals surface area contributed by atoms with Gasteiger partial charge in [0.25, 0.3) is 0 Å². The largest absolute Gasteiger partial charge is 0.496 e. The summed E-state index contributed by atoms with van der Waals surface area (Å²) in [5.41, 5.74) is 5.57. The number of likely N-dealkylation sites (tertiary alicyclic amines) is 1. The maximum absolute atomic E-state index is 5.76. The number of ether oxygens (including phenoxy) is 1. The fraction of sp³-hybridized carbons (Fsp3) is 0.538. The Morgan fingerprint density at radius 3 is 2.57 bits per heavy atom. The average molecular weight is 408 g/mol. The number of nitrogens with one attached hydrogen (secondary N) is 1. The number of benzene rings is 2. The topological polar surface area (TPSA) is 27.7 Å². The molecule has 0 aromatic heterocycles. The molecule has 4 nitrogen and oxygen atoms in total. The highest BCUT2D eigenvalue weighted by Crippen LogP contribution is 2.28. The van der Waals surface area contributed by atoms with Crippen molar-refractivity contribution < 1.29 is 4.74 Å². The molecule has 0 saturated carbocycles. The lowest BCUT2D eigenvalue weighted by atomic mass is 9.92. The van der Waals surface area contributed by atoms with Crippen molar-refractivity contribution >= 4 is 0 Å². The molecule has 2 saturated heterocycles. The third kappa shape index (κ3) is 5.05. The highest BCUT2D eigenvalue weighted by atomic mass is 16.5. The standard InChI is InChI=1S/C26H37N3O/c1-20(2)23-8-4-5-9-24(23)25-19-29(15-12-27-25)17-21-10-11-22(26(16-21)30-3)18-28-13-6-7-14-28/h4-5,8-11,16,20,25,27H,6-7,12-15,17-19H2,1-3H3/t25-/m0/s1. The van der Waals surface area contributed by atoms with E-state index in [-0.39, 0.29) is 0 Å². The summed E-state index contributed by atoms with van der Waals surface area (Å²) in [7, 11) is 1.80. The molecule has 162 valence electrons. The van der Waals surface area contributed by atoms with Gasteiger partial charge in [0.05, 0.1) is 7.11 Å². The molecular weight excluding hydrogens is 370 g/mol. The Hall–Kier alpha value is -1.88. The third-order valence-electron chi connectivity index (χ3n) is 6.60. The zero-order chi connectivity index (χ0) is 20.9. The van der Waals surface area contributed by atoms with Crippen molar-refractivity contribution in [3.05, 3.63) is 64.7 Å². The second-order valence-corrected chi connectivity index (χ2v) is 9.15. The van der Waals surface area contributed by atoms with E-state index in [1.54, 1.807) is 7.11 Å². The van der Waals surface area contributed by atoms with Gasteiger partial charge < -0.3 is 10.1 Å². The van der Waals surface area contributed by atoms with E-state index in [2.05, 4.69) is 71.4 Å². The Morgan fingerprint density at radius 1 is 1.00 bits per heavy atom. The number of hydrogen-bond acceptors (Lipinski definition) is 4. The van der Waals surface area contributed by atoms with Crippen LogP contribution in [0.1, 0.15) is 60.9 Å². The Kier molecular flexibility index (Phi) is 7.08. The van der Waals surface area contributed by atoms with Gasteiger partial charge in [-0.15, -0.1) is 0 Å². The quantitative estimate of drug-likeness (QED) is 0.728. The van der Waals surface area contributed by atoms with Crippen LogP contribution in [0.5, 0.6) is 5.75 Å². The number of rotatable bonds is 7. The third-order valence-corrected chi connectivity index (χ3v) is 6.60. The van der Waals surface area contributed by atoms with Crippen molar-refractivity contribution in [2.45, 2.75) is 51.7 Å². The van der Waals surface area contributed by atoms with Crippen molar-refractivity contribution in [2.24, 2.45) is 0 Å². The fourth-order valence-electron chi connectivity index (χ4n) is 4.97. The molecule has 0 amide bonds. The van der Waals surface area contributed by atoms with Gasteiger partial charge in [-0.05, 0) is 54.6 Å². The van der Waals surface area contributed by atoms with Crippen LogP contribution in [0.15, 0.2) is 42.5 Å². The van der Waals surface area contributed by atoms with Gasteiger partial charge in [0.2, 0.25) is 0 Å². The summed E-state index contributed by atoms with van der Waals surface area (Å²) in [5, 5.41) is 3.75. The number of hydrogen-bond donors (Lipinski definition) is 1. The molecule has 1 N–H and O–H groups in total. The molecule has 30 heavy (non-hydrogen) atoms. The number of methoxy groups -OCH3 is 1. The normalized spacial score (nSPS) is 20.7. The lowest BCUT2D eigenvalue weighted by Gasteiger charge is -2.35. The number of piperazine rings is 1. The summed E-state index contributed by atoms with van der Waals surface area (Å²) in [5.74, 6) is 1.59. The van der Waals surface area contributed by atoms with Crippen LogP contribution in [0.25, 0.3) is 0 Å². The van der Waals surface area contributed by atoms with Gasteiger partial charge in [0, 0.05) is 44.3 Å². The van der Waals surface area contributed by atoms with Crippen LogP contribution < -0.4 is 10.1 Å². The van der Waals surface area contributed by atoms with Crippen molar-refractivity contribution in [3.8, 4) is 5.75 Å².